The van der Waals surface area contributed by atoms with E-state index in [1.165, 1.54) is 32.1 Å². The number of nitrogens with one attached hydrogen (secondary N) is 2. The Morgan fingerprint density at radius 2 is 2.10 bits per heavy atom. The number of halogens is 1. The molecule has 2 heterocycles. The van der Waals surface area contributed by atoms with Crippen molar-refractivity contribution in [2.75, 3.05) is 43.4 Å². The number of anilines is 2. The van der Waals surface area contributed by atoms with Crippen molar-refractivity contribution in [3.63, 3.8) is 0 Å². The van der Waals surface area contributed by atoms with E-state index in [0.29, 0.717) is 11.9 Å². The maximum Gasteiger partial charge on any atom is 0.224 e. The molecule has 0 bridgehead atoms. The van der Waals surface area contributed by atoms with Crippen LogP contribution in [-0.4, -0.2) is 47.6 Å². The second-order valence-corrected chi connectivity index (χ2v) is 5.81. The summed E-state index contributed by atoms with van der Waals surface area (Å²) in [5.74, 6) is 0.833. The van der Waals surface area contributed by atoms with E-state index in [2.05, 4.69) is 39.3 Å². The van der Waals surface area contributed by atoms with Gasteiger partial charge in [-0.25, -0.2) is 9.37 Å². The minimum absolute atomic E-state index is 0.289. The molecule has 0 saturated carbocycles. The molecule has 6 heteroatoms. The molecule has 1 saturated heterocycles. The zero-order chi connectivity index (χ0) is 15.1. The quantitative estimate of drug-likeness (QED) is 0.772. The van der Waals surface area contributed by atoms with Crippen LogP contribution >= 0.6 is 0 Å². The molecule has 118 valence electrons. The molecule has 2 N–H and O–H groups in total. The highest BCUT2D eigenvalue weighted by Gasteiger charge is 2.15. The van der Waals surface area contributed by atoms with Gasteiger partial charge in [-0.2, -0.15) is 4.98 Å². The minimum atomic E-state index is -0.398. The molecule has 21 heavy (non-hydrogen) atoms. The van der Waals surface area contributed by atoms with Crippen LogP contribution in [0.4, 0.5) is 16.2 Å². The predicted octanol–water partition coefficient (Wildman–Crippen LogP) is 2.58. The van der Waals surface area contributed by atoms with Crippen LogP contribution < -0.4 is 10.6 Å². The lowest BCUT2D eigenvalue weighted by Crippen LogP contribution is -2.29. The van der Waals surface area contributed by atoms with Gasteiger partial charge in [0, 0.05) is 19.6 Å². The van der Waals surface area contributed by atoms with Gasteiger partial charge in [-0.3, -0.25) is 0 Å². The molecular weight excluding hydrogens is 269 g/mol. The SMILES string of the molecule is CCCNc1ncc(F)c(NCC(C)CN2CCCC2)n1. The number of nitrogens with zero attached hydrogens (tertiary/aromatic N) is 3. The number of likely N-dealkylation sites (tertiary alicyclic amines) is 1. The van der Waals surface area contributed by atoms with E-state index >= 15 is 0 Å². The van der Waals surface area contributed by atoms with Gasteiger partial charge >= 0.3 is 0 Å². The van der Waals surface area contributed by atoms with E-state index in [-0.39, 0.29) is 5.82 Å². The molecule has 5 nitrogen and oxygen atoms in total. The summed E-state index contributed by atoms with van der Waals surface area (Å²) in [5.41, 5.74) is 0. The van der Waals surface area contributed by atoms with Gasteiger partial charge in [-0.05, 0) is 38.3 Å². The van der Waals surface area contributed by atoms with E-state index in [4.69, 9.17) is 0 Å². The van der Waals surface area contributed by atoms with Crippen molar-refractivity contribution in [1.29, 1.82) is 0 Å². The average molecular weight is 295 g/mol. The first kappa shape index (κ1) is 15.9. The monoisotopic (exact) mass is 295 g/mol. The van der Waals surface area contributed by atoms with Crippen molar-refractivity contribution in [1.82, 2.24) is 14.9 Å². The third kappa shape index (κ3) is 5.12. The molecule has 0 aromatic carbocycles. The van der Waals surface area contributed by atoms with Crippen LogP contribution in [0.15, 0.2) is 6.20 Å². The smallest absolute Gasteiger partial charge is 0.224 e. The van der Waals surface area contributed by atoms with Gasteiger partial charge < -0.3 is 15.5 Å². The topological polar surface area (TPSA) is 53.1 Å². The van der Waals surface area contributed by atoms with Crippen LogP contribution in [0.25, 0.3) is 0 Å². The van der Waals surface area contributed by atoms with Crippen molar-refractivity contribution in [2.24, 2.45) is 5.92 Å². The summed E-state index contributed by atoms with van der Waals surface area (Å²) in [4.78, 5) is 10.6. The number of rotatable bonds is 8. The summed E-state index contributed by atoms with van der Waals surface area (Å²) in [6.07, 6.45) is 4.80. The largest absolute Gasteiger partial charge is 0.367 e. The lowest BCUT2D eigenvalue weighted by molar-refractivity contribution is 0.294. The van der Waals surface area contributed by atoms with E-state index in [9.17, 15) is 4.39 Å². The first-order valence-electron chi connectivity index (χ1n) is 7.91. The zero-order valence-electron chi connectivity index (χ0n) is 13.0. The highest BCUT2D eigenvalue weighted by atomic mass is 19.1. The maximum absolute atomic E-state index is 13.7. The molecule has 0 amide bonds. The van der Waals surface area contributed by atoms with Crippen molar-refractivity contribution >= 4 is 11.8 Å². The Balaban J connectivity index is 1.83. The Labute approximate surface area is 126 Å². The second-order valence-electron chi connectivity index (χ2n) is 5.81. The van der Waals surface area contributed by atoms with Crippen molar-refractivity contribution in [3.8, 4) is 0 Å². The van der Waals surface area contributed by atoms with Crippen molar-refractivity contribution < 1.29 is 4.39 Å². The van der Waals surface area contributed by atoms with E-state index < -0.39 is 5.82 Å². The molecule has 1 aromatic rings. The molecule has 1 aliphatic rings. The van der Waals surface area contributed by atoms with Gasteiger partial charge in [-0.15, -0.1) is 0 Å². The predicted molar refractivity (Wildman–Crippen MR) is 84.1 cm³/mol. The second kappa shape index (κ2) is 8.12. The van der Waals surface area contributed by atoms with E-state index in [0.717, 1.165) is 26.1 Å². The standard InChI is InChI=1S/C15H26FN5/c1-3-6-17-15-19-10-13(16)14(20-15)18-9-12(2)11-21-7-4-5-8-21/h10,12H,3-9,11H2,1-2H3,(H2,17,18,19,20). The molecule has 1 aromatic heterocycles. The zero-order valence-corrected chi connectivity index (χ0v) is 13.0. The highest BCUT2D eigenvalue weighted by Crippen LogP contribution is 2.14. The lowest BCUT2D eigenvalue weighted by atomic mass is 10.1. The Kier molecular flexibility index (Phi) is 6.17. The first-order chi connectivity index (χ1) is 10.2. The summed E-state index contributed by atoms with van der Waals surface area (Å²) in [7, 11) is 0. The fourth-order valence-electron chi connectivity index (χ4n) is 2.55. The van der Waals surface area contributed by atoms with Gasteiger partial charge in [0.2, 0.25) is 5.95 Å². The van der Waals surface area contributed by atoms with Gasteiger partial charge in [0.15, 0.2) is 11.6 Å². The molecule has 1 fully saturated rings. The normalized spacial score (nSPS) is 16.9. The molecular formula is C15H26FN5. The van der Waals surface area contributed by atoms with Crippen molar-refractivity contribution in [2.45, 2.75) is 33.1 Å². The van der Waals surface area contributed by atoms with Crippen LogP contribution in [0.1, 0.15) is 33.1 Å². The lowest BCUT2D eigenvalue weighted by Gasteiger charge is -2.20. The maximum atomic E-state index is 13.7. The van der Waals surface area contributed by atoms with Crippen LogP contribution in [0, 0.1) is 11.7 Å². The average Bonchev–Trinajstić information content (AvgIpc) is 2.98. The van der Waals surface area contributed by atoms with E-state index in [1.54, 1.807) is 0 Å². The molecule has 0 aliphatic carbocycles. The third-order valence-electron chi connectivity index (χ3n) is 3.66. The summed E-state index contributed by atoms with van der Waals surface area (Å²) < 4.78 is 13.7. The Morgan fingerprint density at radius 1 is 1.33 bits per heavy atom. The number of hydrogen-bond donors (Lipinski definition) is 2. The van der Waals surface area contributed by atoms with E-state index in [1.807, 2.05) is 0 Å². The van der Waals surface area contributed by atoms with Gasteiger partial charge in [0.25, 0.3) is 0 Å². The molecule has 1 aliphatic heterocycles. The van der Waals surface area contributed by atoms with Crippen LogP contribution in [0.3, 0.4) is 0 Å². The van der Waals surface area contributed by atoms with Crippen molar-refractivity contribution in [3.05, 3.63) is 12.0 Å². The summed E-state index contributed by atoms with van der Waals surface area (Å²) in [6, 6.07) is 0. The first-order valence-corrected chi connectivity index (χ1v) is 7.91. The van der Waals surface area contributed by atoms with Gasteiger partial charge in [0.1, 0.15) is 0 Å². The van der Waals surface area contributed by atoms with Crippen LogP contribution in [0.5, 0.6) is 0 Å². The Bertz CT molecular complexity index is 434. The van der Waals surface area contributed by atoms with Gasteiger partial charge in [0.05, 0.1) is 6.20 Å². The van der Waals surface area contributed by atoms with Crippen LogP contribution in [-0.2, 0) is 0 Å². The fourth-order valence-corrected chi connectivity index (χ4v) is 2.55. The minimum Gasteiger partial charge on any atom is -0.367 e. The molecule has 0 radical (unpaired) electrons. The Morgan fingerprint density at radius 3 is 2.81 bits per heavy atom. The number of aromatic nitrogens is 2. The molecule has 0 spiro atoms. The molecule has 2 rings (SSSR count). The summed E-state index contributed by atoms with van der Waals surface area (Å²) in [6.45, 7) is 9.19. The highest BCUT2D eigenvalue weighted by molar-refractivity contribution is 5.41. The molecule has 1 atom stereocenters. The number of hydrogen-bond acceptors (Lipinski definition) is 5. The van der Waals surface area contributed by atoms with Gasteiger partial charge in [-0.1, -0.05) is 13.8 Å². The summed E-state index contributed by atoms with van der Waals surface area (Å²) in [5, 5.41) is 6.18. The fraction of sp³-hybridized carbons (Fsp3) is 0.733. The molecule has 1 unspecified atom stereocenters. The third-order valence-corrected chi connectivity index (χ3v) is 3.66. The summed E-state index contributed by atoms with van der Waals surface area (Å²) >= 11 is 0. The Hall–Kier alpha value is -1.43. The van der Waals surface area contributed by atoms with Crippen LogP contribution in [0.2, 0.25) is 0 Å².